The normalized spacial score (nSPS) is 14.5. The molecule has 6 heteroatoms. The van der Waals surface area contributed by atoms with E-state index in [4.69, 9.17) is 22.6 Å². The molecule has 7 aromatic carbocycles. The van der Waals surface area contributed by atoms with Gasteiger partial charge in [-0.25, -0.2) is 4.99 Å². The van der Waals surface area contributed by atoms with Crippen LogP contribution in [-0.4, -0.2) is 24.1 Å². The number of nitrogens with zero attached hydrogens (tertiary/aromatic N) is 1. The van der Waals surface area contributed by atoms with Gasteiger partial charge in [0.15, 0.2) is 0 Å². The molecule has 54 heavy (non-hydrogen) atoms. The van der Waals surface area contributed by atoms with Gasteiger partial charge in [-0.05, 0) is 84.6 Å². The first-order valence-corrected chi connectivity index (χ1v) is 19.7. The highest BCUT2D eigenvalue weighted by molar-refractivity contribution is 7.31. The van der Waals surface area contributed by atoms with Crippen molar-refractivity contribution in [2.75, 3.05) is 6.61 Å². The summed E-state index contributed by atoms with van der Waals surface area (Å²) >= 11 is 0. The monoisotopic (exact) mass is 727 g/mol. The highest BCUT2D eigenvalue weighted by Crippen LogP contribution is 2.44. The Bertz CT molecular complexity index is 2580. The molecular weight excluding hydrogens is 686 g/mol. The van der Waals surface area contributed by atoms with Gasteiger partial charge in [0.25, 0.3) is 0 Å². The van der Waals surface area contributed by atoms with E-state index in [9.17, 15) is 0 Å². The number of rotatable bonds is 8. The summed E-state index contributed by atoms with van der Waals surface area (Å²) in [4.78, 5) is 5.34. The lowest BCUT2D eigenvalue weighted by atomic mass is 9.81. The van der Waals surface area contributed by atoms with Crippen molar-refractivity contribution in [1.82, 2.24) is 0 Å². The quantitative estimate of drug-likeness (QED) is 0.156. The van der Waals surface area contributed by atoms with Crippen molar-refractivity contribution in [2.24, 2.45) is 4.99 Å². The molecule has 1 unspecified atom stereocenters. The van der Waals surface area contributed by atoms with Gasteiger partial charge in [0.1, 0.15) is 29.4 Å². The molecule has 5 nitrogen and oxygen atoms in total. The molecule has 0 N–H and O–H groups in total. The van der Waals surface area contributed by atoms with E-state index >= 15 is 0 Å². The van der Waals surface area contributed by atoms with Crippen LogP contribution in [0, 0.1) is 27.7 Å². The fraction of sp³-hybridized carbons (Fsp3) is 0.188. The first-order valence-electron chi connectivity index (χ1n) is 18.6. The van der Waals surface area contributed by atoms with Crippen LogP contribution in [0.2, 0.25) is 0 Å². The van der Waals surface area contributed by atoms with Crippen molar-refractivity contribution in [1.29, 1.82) is 0 Å². The predicted molar refractivity (Wildman–Crippen MR) is 223 cm³/mol. The number of ether oxygens (including phenoxy) is 1. The van der Waals surface area contributed by atoms with Crippen molar-refractivity contribution in [2.45, 2.75) is 52.2 Å². The predicted octanol–water partition coefficient (Wildman–Crippen LogP) is 12.3. The van der Waals surface area contributed by atoms with Gasteiger partial charge >= 0.3 is 8.24 Å². The first-order chi connectivity index (χ1) is 26.3. The summed E-state index contributed by atoms with van der Waals surface area (Å²) in [6, 6.07) is 48.5. The number of benzene rings is 7. The summed E-state index contributed by atoms with van der Waals surface area (Å²) < 4.78 is 28.1. The molecule has 1 aliphatic heterocycles. The molecule has 1 aliphatic rings. The molecule has 1 aromatic heterocycles. The van der Waals surface area contributed by atoms with E-state index in [0.717, 1.165) is 49.0 Å². The molecule has 0 fully saturated rings. The lowest BCUT2D eigenvalue weighted by Crippen LogP contribution is -2.51. The second-order valence-corrected chi connectivity index (χ2v) is 15.8. The number of fused-ring (bicyclic) bond motifs is 7. The van der Waals surface area contributed by atoms with Gasteiger partial charge in [0, 0.05) is 29.2 Å². The van der Waals surface area contributed by atoms with Crippen LogP contribution in [0.5, 0.6) is 0 Å². The van der Waals surface area contributed by atoms with Crippen molar-refractivity contribution in [3.63, 3.8) is 0 Å². The minimum atomic E-state index is -2.00. The fourth-order valence-corrected chi connectivity index (χ4v) is 9.66. The summed E-state index contributed by atoms with van der Waals surface area (Å²) in [6.07, 6.45) is 1.14. The summed E-state index contributed by atoms with van der Waals surface area (Å²) in [6.45, 7) is 8.97. The molecule has 0 aliphatic carbocycles. The third-order valence-electron chi connectivity index (χ3n) is 10.5. The van der Waals surface area contributed by atoms with Gasteiger partial charge < -0.3 is 13.1 Å². The van der Waals surface area contributed by atoms with Gasteiger partial charge in [-0.2, -0.15) is 0 Å². The molecule has 8 aromatic rings. The standard InChI is InChI=1S/C48H42NO4P/c1-31-22-32(2)25-35(24-31)28-48(29-36-26-33(3)23-34(4)27-36,44-30-50-47(49-44)39-14-6-5-7-15-39)53-54-51-42-20-18-37-12-8-10-16-40(37)45(42)46-41-17-11-9-13-38(41)19-21-43(46)52-54/h5-27,44H,28-30H2,1-4H3. The van der Waals surface area contributed by atoms with Crippen LogP contribution in [0.25, 0.3) is 43.5 Å². The van der Waals surface area contributed by atoms with E-state index in [0.29, 0.717) is 25.3 Å². The lowest BCUT2D eigenvalue weighted by Gasteiger charge is -2.35. The van der Waals surface area contributed by atoms with Crippen molar-refractivity contribution in [3.8, 4) is 0 Å². The van der Waals surface area contributed by atoms with Crippen molar-refractivity contribution in [3.05, 3.63) is 178 Å². The molecule has 1 atom stereocenters. The second kappa shape index (κ2) is 14.0. The minimum Gasteiger partial charge on any atom is -0.475 e. The second-order valence-electron chi connectivity index (χ2n) is 14.9. The molecule has 0 radical (unpaired) electrons. The Labute approximate surface area is 316 Å². The third-order valence-corrected chi connectivity index (χ3v) is 11.7. The van der Waals surface area contributed by atoms with Gasteiger partial charge in [-0.15, -0.1) is 0 Å². The maximum Gasteiger partial charge on any atom is 0.388 e. The van der Waals surface area contributed by atoms with Crippen LogP contribution < -0.4 is 4.52 Å². The van der Waals surface area contributed by atoms with Crippen LogP contribution >= 0.6 is 8.24 Å². The van der Waals surface area contributed by atoms with E-state index in [2.05, 4.69) is 137 Å². The highest BCUT2D eigenvalue weighted by Gasteiger charge is 2.46. The Morgan fingerprint density at radius 3 is 1.59 bits per heavy atom. The van der Waals surface area contributed by atoms with Crippen LogP contribution in [0.15, 0.2) is 153 Å². The summed E-state index contributed by atoms with van der Waals surface area (Å²) in [7, 11) is -2.00. The molecule has 2 heterocycles. The summed E-state index contributed by atoms with van der Waals surface area (Å²) in [5.74, 6) is 0.624. The van der Waals surface area contributed by atoms with Crippen LogP contribution in [0.4, 0.5) is 0 Å². The Hall–Kier alpha value is -5.61. The number of hydrogen-bond donors (Lipinski definition) is 0. The molecule has 0 bridgehead atoms. The molecular formula is C48H42NO4P. The zero-order valence-electron chi connectivity index (χ0n) is 31.0. The van der Waals surface area contributed by atoms with E-state index < -0.39 is 13.8 Å². The average molecular weight is 728 g/mol. The molecule has 268 valence electrons. The average Bonchev–Trinajstić information content (AvgIpc) is 3.60. The molecule has 0 spiro atoms. The topological polar surface area (TPSA) is 57.1 Å². The maximum atomic E-state index is 7.57. The minimum absolute atomic E-state index is 0.362. The van der Waals surface area contributed by atoms with Crippen LogP contribution in [0.3, 0.4) is 0 Å². The van der Waals surface area contributed by atoms with E-state index in [1.54, 1.807) is 0 Å². The van der Waals surface area contributed by atoms with Crippen molar-refractivity contribution < 1.29 is 17.7 Å². The SMILES string of the molecule is Cc1cc(C)cc(CC(Cc2cc(C)cc(C)c2)(Op2oc3ccc4ccccc4c3c3c(ccc4ccccc43)o2)C2COC(c3ccccc3)=N2)c1. The largest absolute Gasteiger partial charge is 0.475 e. The number of aliphatic imine (C=N–C) groups is 1. The molecule has 9 rings (SSSR count). The molecule has 0 amide bonds. The van der Waals surface area contributed by atoms with Gasteiger partial charge in [-0.1, -0.05) is 138 Å². The summed E-state index contributed by atoms with van der Waals surface area (Å²) in [5.41, 5.74) is 8.65. The van der Waals surface area contributed by atoms with Crippen molar-refractivity contribution >= 4 is 57.6 Å². The van der Waals surface area contributed by atoms with Gasteiger partial charge in [0.2, 0.25) is 5.90 Å². The van der Waals surface area contributed by atoms with Crippen LogP contribution in [0.1, 0.15) is 38.9 Å². The van der Waals surface area contributed by atoms with E-state index in [-0.39, 0.29) is 6.04 Å². The first kappa shape index (κ1) is 34.2. The zero-order chi connectivity index (χ0) is 36.8. The highest BCUT2D eigenvalue weighted by atomic mass is 31.1. The number of aryl methyl sites for hydroxylation is 4. The summed E-state index contributed by atoms with van der Waals surface area (Å²) in [5, 5.41) is 6.50. The lowest BCUT2D eigenvalue weighted by molar-refractivity contribution is 0.0715. The van der Waals surface area contributed by atoms with Gasteiger partial charge in [0.05, 0.1) is 0 Å². The maximum absolute atomic E-state index is 7.57. The Kier molecular flexibility index (Phi) is 8.85. The Morgan fingerprint density at radius 2 is 1.07 bits per heavy atom. The smallest absolute Gasteiger partial charge is 0.388 e. The number of hydrogen-bond acceptors (Lipinski definition) is 5. The molecule has 0 saturated heterocycles. The zero-order valence-corrected chi connectivity index (χ0v) is 31.9. The van der Waals surface area contributed by atoms with E-state index in [1.165, 1.54) is 33.4 Å². The Morgan fingerprint density at radius 1 is 0.593 bits per heavy atom. The fourth-order valence-electron chi connectivity index (χ4n) is 8.37. The van der Waals surface area contributed by atoms with Gasteiger partial charge in [-0.3, -0.25) is 4.52 Å². The molecule has 0 saturated carbocycles. The van der Waals surface area contributed by atoms with E-state index in [1.807, 2.05) is 30.3 Å². The van der Waals surface area contributed by atoms with Crippen LogP contribution in [-0.2, 0) is 17.6 Å². The Balaban J connectivity index is 1.32. The third kappa shape index (κ3) is 6.59.